The summed E-state index contributed by atoms with van der Waals surface area (Å²) >= 11 is 0. The molecule has 0 bridgehead atoms. The van der Waals surface area contributed by atoms with Crippen LogP contribution in [0.25, 0.3) is 156 Å². The Hall–Kier alpha value is -15.3. The van der Waals surface area contributed by atoms with Gasteiger partial charge in [-0.25, -0.2) is 82.3 Å². The smallest absolute Gasteiger partial charge is 0.158 e. The fraction of sp³-hybridized carbons (Fsp3) is 0.194. The van der Waals surface area contributed by atoms with Crippen molar-refractivity contribution in [3.63, 3.8) is 0 Å². The predicted octanol–water partition coefficient (Wildman–Crippen LogP) is 20.5. The van der Waals surface area contributed by atoms with Gasteiger partial charge in [-0.2, -0.15) is 20.4 Å². The minimum Gasteiger partial charge on any atom is -0.382 e. The summed E-state index contributed by atoms with van der Waals surface area (Å²) in [6.07, 6.45) is 21.5. The normalized spacial score (nSPS) is 14.0. The van der Waals surface area contributed by atoms with Crippen LogP contribution in [0.4, 0.5) is 27.7 Å². The molecule has 4 fully saturated rings. The summed E-state index contributed by atoms with van der Waals surface area (Å²) in [5.74, 6) is 6.54. The molecule has 25 nitrogen and oxygen atoms in total. The number of hydrogen-bond acceptors (Lipinski definition) is 21. The van der Waals surface area contributed by atoms with E-state index in [-0.39, 0.29) is 20.7 Å². The number of fused-ring (bicyclic) bond motifs is 8. The van der Waals surface area contributed by atoms with E-state index in [2.05, 4.69) is 160 Å². The molecule has 4 aliphatic carbocycles. The van der Waals surface area contributed by atoms with Gasteiger partial charge in [0.25, 0.3) is 0 Å². The van der Waals surface area contributed by atoms with E-state index in [1.54, 1.807) is 16.8 Å². The molecule has 4 aliphatic rings. The molecule has 0 unspecified atom stereocenters. The van der Waals surface area contributed by atoms with Crippen LogP contribution in [0.1, 0.15) is 144 Å². The van der Waals surface area contributed by atoms with Crippen molar-refractivity contribution in [3.05, 3.63) is 285 Å². The summed E-state index contributed by atoms with van der Waals surface area (Å²) in [5, 5.41) is 21.7. The van der Waals surface area contributed by atoms with Crippen LogP contribution in [0.5, 0.6) is 0 Å². The molecule has 8 N–H and O–H groups in total. The molecule has 0 radical (unpaired) electrons. The van der Waals surface area contributed by atoms with Crippen molar-refractivity contribution in [3.8, 4) is 90.2 Å². The van der Waals surface area contributed by atoms with Crippen LogP contribution in [0, 0.1) is 12.7 Å². The zero-order chi connectivity index (χ0) is 82.1. The molecule has 0 spiro atoms. The first-order valence-corrected chi connectivity index (χ1v) is 41.3. The Morgan fingerprint density at radius 1 is 0.306 bits per heavy atom. The van der Waals surface area contributed by atoms with Crippen LogP contribution in [0.2, 0.25) is 0 Å². The number of nitrogens with two attached hydrogens (primary N) is 4. The summed E-state index contributed by atoms with van der Waals surface area (Å²) < 4.78 is 23.2. The Labute approximate surface area is 712 Å². The first-order chi connectivity index (χ1) is 59.9. The number of benzene rings is 7. The molecule has 0 amide bonds. The van der Waals surface area contributed by atoms with Crippen LogP contribution in [-0.2, 0) is 0 Å². The molecule has 124 heavy (non-hydrogen) atoms. The molecule has 7 aromatic carbocycles. The van der Waals surface area contributed by atoms with Crippen molar-refractivity contribution >= 4 is 88.9 Å². The third-order valence-corrected chi connectivity index (χ3v) is 24.2. The number of nitrogen functional groups attached to an aromatic ring is 4. The fourth-order valence-corrected chi connectivity index (χ4v) is 16.8. The molecule has 24 rings (SSSR count). The summed E-state index contributed by atoms with van der Waals surface area (Å²) in [4.78, 5) is 60.3. The van der Waals surface area contributed by atoms with Gasteiger partial charge in [0.05, 0.1) is 45.0 Å². The van der Waals surface area contributed by atoms with E-state index in [0.29, 0.717) is 63.4 Å². The van der Waals surface area contributed by atoms with Crippen molar-refractivity contribution in [1.82, 2.24) is 103 Å². The number of rotatable bonds is 12. The standard InChI is InChI=1S/C25H22N6.C24H19FN6.C24H20N6.C23H19N7.2CH4/c1-15-12-20(16-6-3-2-4-7-16)29-21-13-18(10-11-19(15)21)22-23-24(26)27-14-28-31(23)25(30-22)17-8-5-9-17;25-19-17(11-9-15-10-12-18(29-20(15)19)14-5-2-1-3-6-14)21-22-23(26)27-13-28-31(22)24(30-21)16-7-4-8-16;25-23-22-21(29-24(17-7-4-8-17)30(22)27-14-26-23)18-10-9-16-11-12-19(28-20(16)13-18)15-5-2-1-3-6-15;24-22-21-20(29-23(15-4-3-5-15)30(21)27-13-26-22)16-8-7-14-9-10-18(28-19(14)12-16)17-6-1-2-11-25-17;;/h2-4,6-7,10-14,17H,5,8-9H2,1H3,(H2,26,27,28);1-3,5-6,9-13,16H,4,7-8H2,(H2,26,27,28);1-3,5-6,9-14,17H,4,7-8H2,(H2,25,26,27);1-2,6-13,15H,3-5H2,(H2,24,26,27);2*1H4. The first kappa shape index (κ1) is 78.5. The summed E-state index contributed by atoms with van der Waals surface area (Å²) in [7, 11) is 0. The molecule has 13 heterocycles. The summed E-state index contributed by atoms with van der Waals surface area (Å²) in [5.41, 5.74) is 45.7. The molecule has 26 heteroatoms. The van der Waals surface area contributed by atoms with Crippen LogP contribution in [0.15, 0.2) is 250 Å². The highest BCUT2D eigenvalue weighted by Crippen LogP contribution is 2.45. The topological polar surface area (TPSA) is 341 Å². The number of hydrogen-bond donors (Lipinski definition) is 4. The second-order valence-corrected chi connectivity index (χ2v) is 31.7. The molecular formula is C98H88FN25. The van der Waals surface area contributed by atoms with Crippen molar-refractivity contribution in [2.75, 3.05) is 22.9 Å². The van der Waals surface area contributed by atoms with Crippen molar-refractivity contribution in [1.29, 1.82) is 0 Å². The minimum absolute atomic E-state index is 0. The van der Waals surface area contributed by atoms with E-state index in [0.717, 1.165) is 215 Å². The van der Waals surface area contributed by atoms with Gasteiger partial charge in [0.1, 0.15) is 99.0 Å². The Morgan fingerprint density at radius 3 is 1.09 bits per heavy atom. The maximum Gasteiger partial charge on any atom is 0.158 e. The Kier molecular flexibility index (Phi) is 20.9. The zero-order valence-corrected chi connectivity index (χ0v) is 66.5. The predicted molar refractivity (Wildman–Crippen MR) is 488 cm³/mol. The number of imidazole rings is 4. The highest BCUT2D eigenvalue weighted by Gasteiger charge is 2.33. The lowest BCUT2D eigenvalue weighted by atomic mass is 9.85. The molecule has 4 saturated carbocycles. The van der Waals surface area contributed by atoms with E-state index in [9.17, 15) is 0 Å². The van der Waals surface area contributed by atoms with E-state index < -0.39 is 5.82 Å². The molecule has 0 aliphatic heterocycles. The minimum atomic E-state index is -0.418. The Bertz CT molecular complexity index is 7190. The van der Waals surface area contributed by atoms with Gasteiger partial charge in [0.2, 0.25) is 0 Å². The third-order valence-electron chi connectivity index (χ3n) is 24.2. The van der Waals surface area contributed by atoms with E-state index in [1.807, 2.05) is 123 Å². The van der Waals surface area contributed by atoms with Crippen LogP contribution in [0.3, 0.4) is 0 Å². The van der Waals surface area contributed by atoms with E-state index >= 15 is 4.39 Å². The van der Waals surface area contributed by atoms with Crippen LogP contribution in [-0.4, -0.2) is 103 Å². The van der Waals surface area contributed by atoms with Crippen LogP contribution >= 0.6 is 0 Å². The van der Waals surface area contributed by atoms with Gasteiger partial charge < -0.3 is 22.9 Å². The lowest BCUT2D eigenvalue weighted by molar-refractivity contribution is 0.396. The second kappa shape index (κ2) is 33.0. The third kappa shape index (κ3) is 14.4. The zero-order valence-electron chi connectivity index (χ0n) is 66.5. The van der Waals surface area contributed by atoms with E-state index in [4.69, 9.17) is 57.8 Å². The number of nitrogens with zero attached hydrogens (tertiary/aromatic N) is 21. The van der Waals surface area contributed by atoms with Crippen molar-refractivity contribution in [2.24, 2.45) is 0 Å². The van der Waals surface area contributed by atoms with E-state index in [1.165, 1.54) is 50.1 Å². The summed E-state index contributed by atoms with van der Waals surface area (Å²) in [6.45, 7) is 2.13. The van der Waals surface area contributed by atoms with Gasteiger partial charge in [0, 0.05) is 90.4 Å². The van der Waals surface area contributed by atoms with Gasteiger partial charge in [-0.3, -0.25) is 4.98 Å². The number of halogens is 1. The molecular weight excluding hydrogens is 1550 g/mol. The first-order valence-electron chi connectivity index (χ1n) is 41.3. The van der Waals surface area contributed by atoms with Crippen molar-refractivity contribution in [2.45, 2.75) is 122 Å². The average Bonchev–Trinajstić information content (AvgIpc) is 1.58. The average molecular weight is 1630 g/mol. The lowest BCUT2D eigenvalue weighted by Gasteiger charge is -2.23. The Morgan fingerprint density at radius 2 is 0.661 bits per heavy atom. The van der Waals surface area contributed by atoms with Gasteiger partial charge >= 0.3 is 0 Å². The molecule has 0 atom stereocenters. The van der Waals surface area contributed by atoms with Gasteiger partial charge in [0.15, 0.2) is 29.1 Å². The molecule has 0 saturated heterocycles. The second-order valence-electron chi connectivity index (χ2n) is 31.7. The largest absolute Gasteiger partial charge is 0.382 e. The van der Waals surface area contributed by atoms with Gasteiger partial charge in [-0.1, -0.05) is 198 Å². The van der Waals surface area contributed by atoms with Crippen molar-refractivity contribution < 1.29 is 4.39 Å². The maximum absolute atomic E-state index is 15.8. The Balaban J connectivity index is 0.000000108. The quantitative estimate of drug-likeness (QED) is 0.0882. The number of aromatic nitrogens is 21. The monoisotopic (exact) mass is 1630 g/mol. The van der Waals surface area contributed by atoms with Crippen LogP contribution < -0.4 is 22.9 Å². The van der Waals surface area contributed by atoms with Gasteiger partial charge in [-0.15, -0.1) is 0 Å². The lowest BCUT2D eigenvalue weighted by Crippen LogP contribution is -2.14. The molecule has 612 valence electrons. The number of aryl methyl sites for hydroxylation is 1. The fourth-order valence-electron chi connectivity index (χ4n) is 16.8. The highest BCUT2D eigenvalue weighted by atomic mass is 19.1. The SMILES string of the molecule is C.C.Cc1cc(-c2ccccc2)nc2cc(-c3nc(C4CCC4)n4ncnc(N)c34)ccc12.Nc1ncnn2c(C3CCC3)nc(-c3ccc4ccc(-c5ccccc5)nc4c3)c12.Nc1ncnn2c(C3CCC3)nc(-c3ccc4ccc(-c5ccccc5)nc4c3F)c12.Nc1ncnn2c(C3CCC3)nc(-c3ccc4ccc(-c5ccccn5)nc4c3)c12. The number of pyridine rings is 5. The molecule has 13 aromatic heterocycles. The van der Waals surface area contributed by atoms with Gasteiger partial charge in [-0.05, 0) is 125 Å². The summed E-state index contributed by atoms with van der Waals surface area (Å²) in [6, 6.07) is 72.6. The maximum atomic E-state index is 15.8. The number of anilines is 4. The molecule has 20 aromatic rings. The highest BCUT2D eigenvalue weighted by molar-refractivity contribution is 5.96.